The fourth-order valence-electron chi connectivity index (χ4n) is 3.36. The van der Waals surface area contributed by atoms with Crippen LogP contribution in [0.1, 0.15) is 29.3 Å². The molecule has 0 spiro atoms. The molecule has 4 heteroatoms. The van der Waals surface area contributed by atoms with E-state index in [-0.39, 0.29) is 17.6 Å². The SMILES string of the molecule is CCN1CCN(C(=O)C2CC(=O)c3ccccc3C2)CC1. The molecule has 0 N–H and O–H groups in total. The van der Waals surface area contributed by atoms with Gasteiger partial charge in [0.05, 0.1) is 0 Å². The first-order valence-corrected chi connectivity index (χ1v) is 7.81. The van der Waals surface area contributed by atoms with Crippen LogP contribution in [0.25, 0.3) is 0 Å². The van der Waals surface area contributed by atoms with Crippen molar-refractivity contribution in [2.45, 2.75) is 19.8 Å². The minimum absolute atomic E-state index is 0.113. The molecule has 112 valence electrons. The second-order valence-electron chi connectivity index (χ2n) is 5.95. The Morgan fingerprint density at radius 1 is 1.14 bits per heavy atom. The number of carbonyl (C=O) groups excluding carboxylic acids is 2. The van der Waals surface area contributed by atoms with Gasteiger partial charge in [-0.2, -0.15) is 0 Å². The van der Waals surface area contributed by atoms with E-state index in [9.17, 15) is 9.59 Å². The Hall–Kier alpha value is -1.68. The molecule has 1 fully saturated rings. The minimum atomic E-state index is -0.166. The molecule has 1 aliphatic carbocycles. The van der Waals surface area contributed by atoms with Crippen molar-refractivity contribution >= 4 is 11.7 Å². The summed E-state index contributed by atoms with van der Waals surface area (Å²) in [6, 6.07) is 7.68. The third-order valence-electron chi connectivity index (χ3n) is 4.70. The number of benzene rings is 1. The van der Waals surface area contributed by atoms with Crippen molar-refractivity contribution in [2.24, 2.45) is 5.92 Å². The molecular formula is C17H22N2O2. The molecule has 3 rings (SSSR count). The van der Waals surface area contributed by atoms with Crippen molar-refractivity contribution in [1.29, 1.82) is 0 Å². The second kappa shape index (κ2) is 5.98. The third-order valence-corrected chi connectivity index (χ3v) is 4.70. The molecule has 1 aliphatic heterocycles. The average Bonchev–Trinajstić information content (AvgIpc) is 2.54. The fraction of sp³-hybridized carbons (Fsp3) is 0.529. The molecule has 1 aromatic carbocycles. The number of hydrogen-bond acceptors (Lipinski definition) is 3. The van der Waals surface area contributed by atoms with Crippen molar-refractivity contribution in [3.63, 3.8) is 0 Å². The van der Waals surface area contributed by atoms with E-state index in [1.165, 1.54) is 0 Å². The lowest BCUT2D eigenvalue weighted by atomic mass is 9.82. The number of hydrogen-bond donors (Lipinski definition) is 0. The van der Waals surface area contributed by atoms with Crippen molar-refractivity contribution in [2.75, 3.05) is 32.7 Å². The fourth-order valence-corrected chi connectivity index (χ4v) is 3.36. The van der Waals surface area contributed by atoms with Gasteiger partial charge in [0.25, 0.3) is 0 Å². The van der Waals surface area contributed by atoms with Gasteiger partial charge >= 0.3 is 0 Å². The molecule has 1 heterocycles. The van der Waals surface area contributed by atoms with E-state index < -0.39 is 0 Å². The Morgan fingerprint density at radius 3 is 2.57 bits per heavy atom. The van der Waals surface area contributed by atoms with Crippen molar-refractivity contribution in [3.05, 3.63) is 35.4 Å². The maximum Gasteiger partial charge on any atom is 0.226 e. The van der Waals surface area contributed by atoms with Gasteiger partial charge in [-0.15, -0.1) is 0 Å². The van der Waals surface area contributed by atoms with Crippen LogP contribution in [-0.2, 0) is 11.2 Å². The Bertz CT molecular complexity index is 547. The van der Waals surface area contributed by atoms with Gasteiger partial charge in [-0.25, -0.2) is 0 Å². The summed E-state index contributed by atoms with van der Waals surface area (Å²) >= 11 is 0. The lowest BCUT2D eigenvalue weighted by Crippen LogP contribution is -2.51. The lowest BCUT2D eigenvalue weighted by molar-refractivity contribution is -0.137. The van der Waals surface area contributed by atoms with Crippen LogP contribution < -0.4 is 0 Å². The highest BCUT2D eigenvalue weighted by Gasteiger charge is 2.33. The van der Waals surface area contributed by atoms with E-state index in [4.69, 9.17) is 0 Å². The van der Waals surface area contributed by atoms with Crippen LogP contribution in [0.3, 0.4) is 0 Å². The van der Waals surface area contributed by atoms with E-state index in [1.54, 1.807) is 0 Å². The number of likely N-dealkylation sites (N-methyl/N-ethyl adjacent to an activating group) is 1. The summed E-state index contributed by atoms with van der Waals surface area (Å²) in [6.45, 7) is 6.66. The number of carbonyl (C=O) groups is 2. The Kier molecular flexibility index (Phi) is 4.06. The Labute approximate surface area is 125 Å². The number of nitrogens with zero attached hydrogens (tertiary/aromatic N) is 2. The molecule has 4 nitrogen and oxygen atoms in total. The summed E-state index contributed by atoms with van der Waals surface area (Å²) in [5.41, 5.74) is 1.83. The highest BCUT2D eigenvalue weighted by Crippen LogP contribution is 2.27. The van der Waals surface area contributed by atoms with Crippen molar-refractivity contribution < 1.29 is 9.59 Å². The quantitative estimate of drug-likeness (QED) is 0.829. The normalized spacial score (nSPS) is 23.0. The highest BCUT2D eigenvalue weighted by molar-refractivity contribution is 6.01. The van der Waals surface area contributed by atoms with Gasteiger partial charge in [0, 0.05) is 44.1 Å². The largest absolute Gasteiger partial charge is 0.340 e. The molecule has 1 unspecified atom stereocenters. The second-order valence-corrected chi connectivity index (χ2v) is 5.95. The molecule has 0 bridgehead atoms. The van der Waals surface area contributed by atoms with E-state index in [2.05, 4.69) is 11.8 Å². The maximum atomic E-state index is 12.7. The maximum absolute atomic E-state index is 12.7. The van der Waals surface area contributed by atoms with E-state index >= 15 is 0 Å². The van der Waals surface area contributed by atoms with Crippen LogP contribution in [0.4, 0.5) is 0 Å². The summed E-state index contributed by atoms with van der Waals surface area (Å²) in [5.74, 6) is 0.108. The van der Waals surface area contributed by atoms with Crippen LogP contribution in [-0.4, -0.2) is 54.2 Å². The molecule has 0 aromatic heterocycles. The summed E-state index contributed by atoms with van der Waals surface area (Å²) in [6.07, 6.45) is 1.07. The summed E-state index contributed by atoms with van der Waals surface area (Å²) in [7, 11) is 0. The molecule has 1 amide bonds. The predicted molar refractivity (Wildman–Crippen MR) is 81.3 cm³/mol. The van der Waals surface area contributed by atoms with Crippen molar-refractivity contribution in [3.8, 4) is 0 Å². The summed E-state index contributed by atoms with van der Waals surface area (Å²) in [4.78, 5) is 29.2. The third kappa shape index (κ3) is 2.86. The van der Waals surface area contributed by atoms with Gasteiger partial charge in [0.1, 0.15) is 0 Å². The Morgan fingerprint density at radius 2 is 1.86 bits per heavy atom. The van der Waals surface area contributed by atoms with E-state index in [0.717, 1.165) is 43.9 Å². The smallest absolute Gasteiger partial charge is 0.226 e. The van der Waals surface area contributed by atoms with Gasteiger partial charge in [0.15, 0.2) is 5.78 Å². The van der Waals surface area contributed by atoms with Gasteiger partial charge in [0.2, 0.25) is 5.91 Å². The van der Waals surface area contributed by atoms with Gasteiger partial charge < -0.3 is 9.80 Å². The van der Waals surface area contributed by atoms with Crippen LogP contribution in [0.2, 0.25) is 0 Å². The van der Waals surface area contributed by atoms with E-state index in [0.29, 0.717) is 12.8 Å². The molecule has 21 heavy (non-hydrogen) atoms. The monoisotopic (exact) mass is 286 g/mol. The van der Waals surface area contributed by atoms with Gasteiger partial charge in [-0.05, 0) is 18.5 Å². The van der Waals surface area contributed by atoms with Crippen molar-refractivity contribution in [1.82, 2.24) is 9.80 Å². The number of piperazine rings is 1. The lowest BCUT2D eigenvalue weighted by Gasteiger charge is -2.36. The number of Topliss-reactive ketones (excluding diaryl/α,β-unsaturated/α-hetero) is 1. The molecule has 1 aromatic rings. The standard InChI is InChI=1S/C17H22N2O2/c1-2-18-7-9-19(10-8-18)17(21)14-11-13-5-3-4-6-15(13)16(20)12-14/h3-6,14H,2,7-12H2,1H3. The average molecular weight is 286 g/mol. The van der Waals surface area contributed by atoms with Crippen LogP contribution >= 0.6 is 0 Å². The molecule has 2 aliphatic rings. The predicted octanol–water partition coefficient (Wildman–Crippen LogP) is 1.60. The number of ketones is 1. The first kappa shape index (κ1) is 14.3. The zero-order chi connectivity index (χ0) is 14.8. The number of rotatable bonds is 2. The minimum Gasteiger partial charge on any atom is -0.340 e. The zero-order valence-corrected chi connectivity index (χ0v) is 12.5. The zero-order valence-electron chi connectivity index (χ0n) is 12.5. The van der Waals surface area contributed by atoms with Crippen LogP contribution in [0.15, 0.2) is 24.3 Å². The first-order valence-electron chi connectivity index (χ1n) is 7.81. The van der Waals surface area contributed by atoms with Gasteiger partial charge in [-0.1, -0.05) is 31.2 Å². The number of amides is 1. The summed E-state index contributed by atoms with van der Waals surface area (Å²) in [5, 5.41) is 0. The van der Waals surface area contributed by atoms with Crippen LogP contribution in [0.5, 0.6) is 0 Å². The molecule has 0 saturated carbocycles. The molecule has 0 radical (unpaired) electrons. The number of fused-ring (bicyclic) bond motifs is 1. The molecule has 1 atom stereocenters. The topological polar surface area (TPSA) is 40.6 Å². The summed E-state index contributed by atoms with van der Waals surface area (Å²) < 4.78 is 0. The molecule has 1 saturated heterocycles. The highest BCUT2D eigenvalue weighted by atomic mass is 16.2. The van der Waals surface area contributed by atoms with Crippen LogP contribution in [0, 0.1) is 5.92 Å². The first-order chi connectivity index (χ1) is 10.2. The Balaban J connectivity index is 1.68. The van der Waals surface area contributed by atoms with Gasteiger partial charge in [-0.3, -0.25) is 9.59 Å². The van der Waals surface area contributed by atoms with E-state index in [1.807, 2.05) is 29.2 Å². The molecular weight excluding hydrogens is 264 g/mol.